The van der Waals surface area contributed by atoms with Crippen LogP contribution >= 0.6 is 0 Å². The summed E-state index contributed by atoms with van der Waals surface area (Å²) in [6.45, 7) is 1.03. The number of likely N-dealkylation sites (N-methyl/N-ethyl adjacent to an activating group) is 1. The summed E-state index contributed by atoms with van der Waals surface area (Å²) in [6.07, 6.45) is 1.96. The zero-order chi connectivity index (χ0) is 20.2. The molecule has 0 radical (unpaired) electrons. The van der Waals surface area contributed by atoms with Crippen molar-refractivity contribution in [3.63, 3.8) is 0 Å². The number of nitrogens with zero attached hydrogens (tertiary/aromatic N) is 1. The van der Waals surface area contributed by atoms with Gasteiger partial charge in [-0.15, -0.1) is 0 Å². The van der Waals surface area contributed by atoms with Crippen LogP contribution in [0.25, 0.3) is 0 Å². The second kappa shape index (κ2) is 8.58. The van der Waals surface area contributed by atoms with Crippen LogP contribution in [0.15, 0.2) is 66.7 Å². The lowest BCUT2D eigenvalue weighted by molar-refractivity contribution is 0.228. The van der Waals surface area contributed by atoms with Gasteiger partial charge in [-0.25, -0.2) is 0 Å². The second-order valence-corrected chi connectivity index (χ2v) is 7.42. The van der Waals surface area contributed by atoms with Crippen LogP contribution in [0.2, 0.25) is 0 Å². The zero-order valence-corrected chi connectivity index (χ0v) is 17.2. The summed E-state index contributed by atoms with van der Waals surface area (Å²) in [5.41, 5.74) is 3.95. The van der Waals surface area contributed by atoms with Crippen molar-refractivity contribution in [1.29, 1.82) is 0 Å². The molecule has 0 aromatic heterocycles. The molecule has 4 nitrogen and oxygen atoms in total. The lowest BCUT2D eigenvalue weighted by Gasteiger charge is -2.35. The average molecular weight is 389 g/mol. The van der Waals surface area contributed by atoms with Crippen molar-refractivity contribution in [3.05, 3.63) is 83.4 Å². The van der Waals surface area contributed by atoms with E-state index < -0.39 is 0 Å². The topological polar surface area (TPSA) is 30.9 Å². The molecule has 1 heterocycles. The summed E-state index contributed by atoms with van der Waals surface area (Å²) < 4.78 is 17.0. The molecule has 3 aromatic rings. The number of para-hydroxylation sites is 1. The Bertz CT molecular complexity index is 954. The van der Waals surface area contributed by atoms with E-state index in [1.165, 1.54) is 16.7 Å². The molecule has 4 heteroatoms. The van der Waals surface area contributed by atoms with E-state index in [0.717, 1.165) is 42.4 Å². The third-order valence-electron chi connectivity index (χ3n) is 5.60. The van der Waals surface area contributed by atoms with Crippen LogP contribution in [0.1, 0.15) is 22.7 Å². The number of rotatable bonds is 6. The van der Waals surface area contributed by atoms with Crippen molar-refractivity contribution in [2.24, 2.45) is 0 Å². The smallest absolute Gasteiger partial charge is 0.161 e. The standard InChI is InChI=1S/C25H27NO3/c1-26-14-13-19-16-24(27-2)25(28-3)17-22(19)23(26)15-18-9-11-21(12-10-18)29-20-7-5-4-6-8-20/h4-12,16-17,23H,13-15H2,1-3H3. The maximum atomic E-state index is 5.92. The molecule has 0 spiro atoms. The maximum absolute atomic E-state index is 5.92. The molecular weight excluding hydrogens is 362 g/mol. The van der Waals surface area contributed by atoms with E-state index >= 15 is 0 Å². The number of methoxy groups -OCH3 is 2. The number of hydrogen-bond acceptors (Lipinski definition) is 4. The molecule has 1 unspecified atom stereocenters. The highest BCUT2D eigenvalue weighted by Crippen LogP contribution is 2.39. The molecular formula is C25H27NO3. The van der Waals surface area contributed by atoms with Crippen molar-refractivity contribution in [2.75, 3.05) is 27.8 Å². The Morgan fingerprint density at radius 3 is 2.21 bits per heavy atom. The van der Waals surface area contributed by atoms with E-state index in [2.05, 4.69) is 36.2 Å². The first kappa shape index (κ1) is 19.3. The Kier molecular flexibility index (Phi) is 5.72. The molecule has 0 amide bonds. The third-order valence-corrected chi connectivity index (χ3v) is 5.60. The summed E-state index contributed by atoms with van der Waals surface area (Å²) in [5.74, 6) is 3.29. The first-order valence-electron chi connectivity index (χ1n) is 9.95. The van der Waals surface area contributed by atoms with Crippen LogP contribution in [0, 0.1) is 0 Å². The molecule has 1 aliphatic heterocycles. The highest BCUT2D eigenvalue weighted by Gasteiger charge is 2.27. The van der Waals surface area contributed by atoms with Crippen molar-refractivity contribution in [3.8, 4) is 23.0 Å². The van der Waals surface area contributed by atoms with E-state index in [1.807, 2.05) is 42.5 Å². The Morgan fingerprint density at radius 2 is 1.52 bits per heavy atom. The van der Waals surface area contributed by atoms with Crippen LogP contribution in [-0.2, 0) is 12.8 Å². The van der Waals surface area contributed by atoms with Gasteiger partial charge < -0.3 is 14.2 Å². The Balaban J connectivity index is 1.55. The van der Waals surface area contributed by atoms with Gasteiger partial charge in [0.1, 0.15) is 11.5 Å². The number of ether oxygens (including phenoxy) is 3. The number of hydrogen-bond donors (Lipinski definition) is 0. The van der Waals surface area contributed by atoms with E-state index in [4.69, 9.17) is 14.2 Å². The van der Waals surface area contributed by atoms with Crippen molar-refractivity contribution in [1.82, 2.24) is 4.90 Å². The van der Waals surface area contributed by atoms with E-state index in [0.29, 0.717) is 6.04 Å². The molecule has 0 aliphatic carbocycles. The quantitative estimate of drug-likeness (QED) is 0.575. The van der Waals surface area contributed by atoms with Crippen LogP contribution in [-0.4, -0.2) is 32.7 Å². The third kappa shape index (κ3) is 4.22. The van der Waals surface area contributed by atoms with Gasteiger partial charge in [-0.1, -0.05) is 30.3 Å². The summed E-state index contributed by atoms with van der Waals surface area (Å²) in [6, 6.07) is 22.8. The first-order chi connectivity index (χ1) is 14.2. The minimum absolute atomic E-state index is 0.305. The van der Waals surface area contributed by atoms with Gasteiger partial charge in [0, 0.05) is 12.6 Å². The molecule has 150 valence electrons. The molecule has 3 aromatic carbocycles. The summed E-state index contributed by atoms with van der Waals surface area (Å²) in [5, 5.41) is 0. The number of fused-ring (bicyclic) bond motifs is 1. The fourth-order valence-corrected chi connectivity index (χ4v) is 3.96. The Morgan fingerprint density at radius 1 is 0.862 bits per heavy atom. The van der Waals surface area contributed by atoms with Crippen LogP contribution in [0.4, 0.5) is 0 Å². The minimum Gasteiger partial charge on any atom is -0.493 e. The maximum Gasteiger partial charge on any atom is 0.161 e. The van der Waals surface area contributed by atoms with Crippen LogP contribution in [0.5, 0.6) is 23.0 Å². The monoisotopic (exact) mass is 389 g/mol. The summed E-state index contributed by atoms with van der Waals surface area (Å²) >= 11 is 0. The van der Waals surface area contributed by atoms with Crippen molar-refractivity contribution < 1.29 is 14.2 Å². The largest absolute Gasteiger partial charge is 0.493 e. The predicted molar refractivity (Wildman–Crippen MR) is 115 cm³/mol. The molecule has 1 atom stereocenters. The van der Waals surface area contributed by atoms with Gasteiger partial charge >= 0.3 is 0 Å². The molecule has 0 fully saturated rings. The average Bonchev–Trinajstić information content (AvgIpc) is 2.76. The fraction of sp³-hybridized carbons (Fsp3) is 0.280. The highest BCUT2D eigenvalue weighted by molar-refractivity contribution is 5.50. The van der Waals surface area contributed by atoms with Gasteiger partial charge in [0.05, 0.1) is 14.2 Å². The molecule has 4 rings (SSSR count). The van der Waals surface area contributed by atoms with Gasteiger partial charge in [-0.3, -0.25) is 4.90 Å². The lowest BCUT2D eigenvalue weighted by atomic mass is 9.88. The zero-order valence-electron chi connectivity index (χ0n) is 17.2. The molecule has 0 saturated carbocycles. The van der Waals surface area contributed by atoms with Gasteiger partial charge in [0.2, 0.25) is 0 Å². The Labute approximate surface area is 172 Å². The van der Waals surface area contributed by atoms with Gasteiger partial charge in [-0.2, -0.15) is 0 Å². The Hall–Kier alpha value is -2.98. The predicted octanol–water partition coefficient (Wildman–Crippen LogP) is 5.27. The minimum atomic E-state index is 0.305. The summed E-state index contributed by atoms with van der Waals surface area (Å²) in [7, 11) is 5.57. The second-order valence-electron chi connectivity index (χ2n) is 7.42. The van der Waals surface area contributed by atoms with E-state index in [1.54, 1.807) is 14.2 Å². The van der Waals surface area contributed by atoms with E-state index in [9.17, 15) is 0 Å². The van der Waals surface area contributed by atoms with Crippen molar-refractivity contribution >= 4 is 0 Å². The first-order valence-corrected chi connectivity index (χ1v) is 9.95. The lowest BCUT2D eigenvalue weighted by Crippen LogP contribution is -2.33. The fourth-order valence-electron chi connectivity index (χ4n) is 3.96. The molecule has 0 bridgehead atoms. The van der Waals surface area contributed by atoms with Gasteiger partial charge in [0.15, 0.2) is 11.5 Å². The van der Waals surface area contributed by atoms with Crippen LogP contribution in [0.3, 0.4) is 0 Å². The molecule has 29 heavy (non-hydrogen) atoms. The number of benzene rings is 3. The van der Waals surface area contributed by atoms with Crippen molar-refractivity contribution in [2.45, 2.75) is 18.9 Å². The summed E-state index contributed by atoms with van der Waals surface area (Å²) in [4.78, 5) is 2.42. The van der Waals surface area contributed by atoms with E-state index in [-0.39, 0.29) is 0 Å². The van der Waals surface area contributed by atoms with Gasteiger partial charge in [0.25, 0.3) is 0 Å². The van der Waals surface area contributed by atoms with Crippen LogP contribution < -0.4 is 14.2 Å². The SMILES string of the molecule is COc1cc2c(cc1OC)C(Cc1ccc(Oc3ccccc3)cc1)N(C)CC2. The van der Waals surface area contributed by atoms with Gasteiger partial charge in [-0.05, 0) is 73.0 Å². The normalized spacial score (nSPS) is 16.2. The molecule has 0 N–H and O–H groups in total. The highest BCUT2D eigenvalue weighted by atomic mass is 16.5. The molecule has 0 saturated heterocycles. The molecule has 1 aliphatic rings.